The zero-order valence-corrected chi connectivity index (χ0v) is 14.7. The molecule has 0 aliphatic heterocycles. The predicted molar refractivity (Wildman–Crippen MR) is 91.3 cm³/mol. The average Bonchev–Trinajstić information content (AvgIpc) is 3.07. The van der Waals surface area contributed by atoms with Crippen LogP contribution in [0.2, 0.25) is 0 Å². The molecule has 3 rings (SSSR count). The standard InChI is InChI=1S/C16H15BrFN5O/c1-10-14(17)15(21-22(10)2)16(24)20-13-7-19-23(9-13)8-11-4-3-5-12(18)6-11/h3-7,9H,8H2,1-2H3,(H,20,24). The van der Waals surface area contributed by atoms with E-state index >= 15 is 0 Å². The fourth-order valence-corrected chi connectivity index (χ4v) is 2.77. The lowest BCUT2D eigenvalue weighted by atomic mass is 10.2. The second kappa shape index (κ2) is 6.56. The van der Waals surface area contributed by atoms with Crippen molar-refractivity contribution in [2.45, 2.75) is 13.5 Å². The van der Waals surface area contributed by atoms with E-state index in [1.54, 1.807) is 34.9 Å². The van der Waals surface area contributed by atoms with Crippen molar-refractivity contribution in [3.8, 4) is 0 Å². The normalized spacial score (nSPS) is 10.8. The molecule has 0 saturated heterocycles. The molecule has 6 nitrogen and oxygen atoms in total. The van der Waals surface area contributed by atoms with Crippen LogP contribution in [-0.4, -0.2) is 25.5 Å². The quantitative estimate of drug-likeness (QED) is 0.742. The minimum atomic E-state index is -0.323. The minimum Gasteiger partial charge on any atom is -0.318 e. The first-order chi connectivity index (χ1) is 11.4. The van der Waals surface area contributed by atoms with Crippen LogP contribution >= 0.6 is 15.9 Å². The summed E-state index contributed by atoms with van der Waals surface area (Å²) in [7, 11) is 1.77. The molecule has 0 aliphatic rings. The van der Waals surface area contributed by atoms with Crippen molar-refractivity contribution in [1.29, 1.82) is 0 Å². The zero-order chi connectivity index (χ0) is 17.3. The van der Waals surface area contributed by atoms with Gasteiger partial charge in [0.25, 0.3) is 5.91 Å². The number of rotatable bonds is 4. The van der Waals surface area contributed by atoms with Crippen molar-refractivity contribution in [1.82, 2.24) is 19.6 Å². The highest BCUT2D eigenvalue weighted by Crippen LogP contribution is 2.21. The molecule has 0 saturated carbocycles. The van der Waals surface area contributed by atoms with Gasteiger partial charge in [-0.2, -0.15) is 10.2 Å². The van der Waals surface area contributed by atoms with Crippen LogP contribution in [0.3, 0.4) is 0 Å². The average molecular weight is 392 g/mol. The van der Waals surface area contributed by atoms with Crippen LogP contribution in [0.4, 0.5) is 10.1 Å². The number of nitrogens with one attached hydrogen (secondary N) is 1. The molecule has 0 atom stereocenters. The van der Waals surface area contributed by atoms with Gasteiger partial charge in [-0.15, -0.1) is 0 Å². The third-order valence-corrected chi connectivity index (χ3v) is 4.55. The maximum Gasteiger partial charge on any atom is 0.277 e. The predicted octanol–water partition coefficient (Wildman–Crippen LogP) is 3.13. The molecule has 3 aromatic rings. The highest BCUT2D eigenvalue weighted by atomic mass is 79.9. The van der Waals surface area contributed by atoms with Crippen molar-refractivity contribution in [2.24, 2.45) is 7.05 Å². The Bertz CT molecular complexity index is 902. The number of nitrogens with zero attached hydrogens (tertiary/aromatic N) is 4. The van der Waals surface area contributed by atoms with Gasteiger partial charge in [0.2, 0.25) is 0 Å². The van der Waals surface area contributed by atoms with E-state index in [0.717, 1.165) is 11.3 Å². The van der Waals surface area contributed by atoms with Gasteiger partial charge in [0.05, 0.1) is 28.6 Å². The number of carbonyl (C=O) groups excluding carboxylic acids is 1. The van der Waals surface area contributed by atoms with Gasteiger partial charge in [-0.3, -0.25) is 14.2 Å². The maximum absolute atomic E-state index is 13.2. The van der Waals surface area contributed by atoms with Crippen molar-refractivity contribution in [3.63, 3.8) is 0 Å². The summed E-state index contributed by atoms with van der Waals surface area (Å²) in [5.74, 6) is -0.612. The Morgan fingerprint density at radius 1 is 1.42 bits per heavy atom. The maximum atomic E-state index is 13.2. The van der Waals surface area contributed by atoms with Crippen LogP contribution in [0.15, 0.2) is 41.1 Å². The Hall–Kier alpha value is -2.48. The summed E-state index contributed by atoms with van der Waals surface area (Å²) < 4.78 is 17.1. The monoisotopic (exact) mass is 391 g/mol. The van der Waals surface area contributed by atoms with E-state index < -0.39 is 0 Å². The van der Waals surface area contributed by atoms with Crippen LogP contribution in [0.5, 0.6) is 0 Å². The van der Waals surface area contributed by atoms with Crippen LogP contribution in [0, 0.1) is 12.7 Å². The van der Waals surface area contributed by atoms with E-state index in [1.165, 1.54) is 12.1 Å². The van der Waals surface area contributed by atoms with E-state index in [0.29, 0.717) is 22.4 Å². The Labute approximate surface area is 146 Å². The second-order valence-electron chi connectivity index (χ2n) is 5.38. The van der Waals surface area contributed by atoms with Gasteiger partial charge in [-0.1, -0.05) is 12.1 Å². The lowest BCUT2D eigenvalue weighted by Crippen LogP contribution is -2.13. The number of halogens is 2. The number of aromatic nitrogens is 4. The molecule has 2 aromatic heterocycles. The number of anilines is 1. The van der Waals surface area contributed by atoms with Crippen LogP contribution in [0.1, 0.15) is 21.7 Å². The third-order valence-electron chi connectivity index (χ3n) is 3.60. The fraction of sp³-hybridized carbons (Fsp3) is 0.188. The first kappa shape index (κ1) is 16.4. The number of hydrogen-bond acceptors (Lipinski definition) is 3. The molecule has 24 heavy (non-hydrogen) atoms. The largest absolute Gasteiger partial charge is 0.318 e. The summed E-state index contributed by atoms with van der Waals surface area (Å²) in [6.07, 6.45) is 3.23. The highest BCUT2D eigenvalue weighted by molar-refractivity contribution is 9.10. The van der Waals surface area contributed by atoms with Crippen molar-refractivity contribution < 1.29 is 9.18 Å². The molecule has 1 amide bonds. The van der Waals surface area contributed by atoms with E-state index in [9.17, 15) is 9.18 Å². The Kier molecular flexibility index (Phi) is 4.48. The molecular weight excluding hydrogens is 377 g/mol. The summed E-state index contributed by atoms with van der Waals surface area (Å²) in [5, 5.41) is 11.1. The van der Waals surface area contributed by atoms with Crippen LogP contribution in [0.25, 0.3) is 0 Å². The molecule has 0 bridgehead atoms. The Morgan fingerprint density at radius 2 is 2.21 bits per heavy atom. The first-order valence-corrected chi connectivity index (χ1v) is 8.00. The summed E-state index contributed by atoms with van der Waals surface area (Å²) in [6.45, 7) is 2.28. The summed E-state index contributed by atoms with van der Waals surface area (Å²) in [5.41, 5.74) is 2.51. The van der Waals surface area contributed by atoms with Crippen molar-refractivity contribution >= 4 is 27.5 Å². The van der Waals surface area contributed by atoms with E-state index in [4.69, 9.17) is 0 Å². The van der Waals surface area contributed by atoms with Gasteiger partial charge in [0.1, 0.15) is 5.82 Å². The van der Waals surface area contributed by atoms with E-state index in [-0.39, 0.29) is 11.7 Å². The SMILES string of the molecule is Cc1c(Br)c(C(=O)Nc2cnn(Cc3cccc(F)c3)c2)nn1C. The minimum absolute atomic E-state index is 0.288. The third kappa shape index (κ3) is 3.38. The number of hydrogen-bond donors (Lipinski definition) is 1. The molecule has 0 aliphatic carbocycles. The lowest BCUT2D eigenvalue weighted by molar-refractivity contribution is 0.102. The molecule has 0 radical (unpaired) electrons. The van der Waals surface area contributed by atoms with Gasteiger partial charge in [-0.25, -0.2) is 4.39 Å². The molecule has 8 heteroatoms. The number of amides is 1. The molecular formula is C16H15BrFN5O. The second-order valence-corrected chi connectivity index (χ2v) is 6.18. The van der Waals surface area contributed by atoms with E-state index in [2.05, 4.69) is 31.4 Å². The zero-order valence-electron chi connectivity index (χ0n) is 13.1. The molecule has 0 spiro atoms. The topological polar surface area (TPSA) is 64.7 Å². The van der Waals surface area contributed by atoms with E-state index in [1.807, 2.05) is 13.0 Å². The summed E-state index contributed by atoms with van der Waals surface area (Å²) >= 11 is 3.37. The molecule has 1 N–H and O–H groups in total. The molecule has 1 aromatic carbocycles. The molecule has 2 heterocycles. The van der Waals surface area contributed by atoms with Gasteiger partial charge < -0.3 is 5.32 Å². The highest BCUT2D eigenvalue weighted by Gasteiger charge is 2.18. The van der Waals surface area contributed by atoms with Crippen LogP contribution < -0.4 is 5.32 Å². The number of aryl methyl sites for hydroxylation is 1. The molecule has 0 unspecified atom stereocenters. The van der Waals surface area contributed by atoms with Gasteiger partial charge >= 0.3 is 0 Å². The van der Waals surface area contributed by atoms with Crippen LogP contribution in [-0.2, 0) is 13.6 Å². The number of benzene rings is 1. The Morgan fingerprint density at radius 3 is 2.88 bits per heavy atom. The first-order valence-electron chi connectivity index (χ1n) is 7.21. The summed E-state index contributed by atoms with van der Waals surface area (Å²) in [6, 6.07) is 6.31. The smallest absolute Gasteiger partial charge is 0.277 e. The summed E-state index contributed by atoms with van der Waals surface area (Å²) in [4.78, 5) is 12.3. The van der Waals surface area contributed by atoms with Gasteiger partial charge in [0, 0.05) is 13.2 Å². The molecule has 124 valence electrons. The van der Waals surface area contributed by atoms with Crippen molar-refractivity contribution in [2.75, 3.05) is 5.32 Å². The van der Waals surface area contributed by atoms with Gasteiger partial charge in [-0.05, 0) is 40.5 Å². The van der Waals surface area contributed by atoms with Crippen molar-refractivity contribution in [3.05, 3.63) is 63.9 Å². The van der Waals surface area contributed by atoms with Gasteiger partial charge in [0.15, 0.2) is 5.69 Å². The Balaban J connectivity index is 1.71. The number of carbonyl (C=O) groups is 1. The molecule has 0 fully saturated rings. The fourth-order valence-electron chi connectivity index (χ4n) is 2.25. The lowest BCUT2D eigenvalue weighted by Gasteiger charge is -2.02.